The molecule has 0 aliphatic rings. The van der Waals surface area contributed by atoms with Gasteiger partial charge in [-0.05, 0) is 40.0 Å². The number of unbranched alkanes of at least 4 members (excludes halogenated alkanes) is 5. The zero-order valence-electron chi connectivity index (χ0n) is 19.5. The second-order valence-corrected chi connectivity index (χ2v) is 7.22. The Hall–Kier alpha value is -0.380. The molecule has 0 fully saturated rings. The van der Waals surface area contributed by atoms with Crippen LogP contribution in [0.2, 0.25) is 0 Å². The Kier molecular flexibility index (Phi) is 23.4. The first-order valence-corrected chi connectivity index (χ1v) is 11.5. The summed E-state index contributed by atoms with van der Waals surface area (Å²) in [6.07, 6.45) is 15.3. The number of ether oxygens (including phenoxy) is 3. The highest BCUT2D eigenvalue weighted by atomic mass is 16.7. The van der Waals surface area contributed by atoms with E-state index in [1.165, 1.54) is 44.9 Å². The van der Waals surface area contributed by atoms with Crippen LogP contribution in [0.1, 0.15) is 105 Å². The van der Waals surface area contributed by atoms with Crippen LogP contribution in [-0.2, 0) is 14.2 Å². The molecule has 0 N–H and O–H groups in total. The lowest BCUT2D eigenvalue weighted by atomic mass is 9.85. The highest BCUT2D eigenvalue weighted by Crippen LogP contribution is 2.36. The third-order valence-electron chi connectivity index (χ3n) is 4.80. The predicted octanol–water partition coefficient (Wildman–Crippen LogP) is 7.54. The van der Waals surface area contributed by atoms with Gasteiger partial charge in [-0.2, -0.15) is 0 Å². The van der Waals surface area contributed by atoms with Crippen molar-refractivity contribution >= 4 is 0 Å². The first kappa shape index (κ1) is 28.8. The molecule has 0 bridgehead atoms. The van der Waals surface area contributed by atoms with E-state index in [0.29, 0.717) is 5.92 Å². The molecule has 1 atom stereocenters. The van der Waals surface area contributed by atoms with E-state index in [0.717, 1.165) is 45.5 Å². The number of methoxy groups -OCH3 is 1. The first-order valence-electron chi connectivity index (χ1n) is 11.5. The van der Waals surface area contributed by atoms with Crippen molar-refractivity contribution in [2.75, 3.05) is 26.9 Å². The fraction of sp³-hybridized carbons (Fsp3) is 0.917. The van der Waals surface area contributed by atoms with E-state index in [-0.39, 0.29) is 0 Å². The van der Waals surface area contributed by atoms with Gasteiger partial charge in [0.05, 0.1) is 0 Å². The number of allylic oxidation sites excluding steroid dienone is 1. The molecule has 0 saturated carbocycles. The van der Waals surface area contributed by atoms with Crippen molar-refractivity contribution in [1.29, 1.82) is 0 Å². The molecular formula is C24H50O3. The van der Waals surface area contributed by atoms with E-state index >= 15 is 0 Å². The maximum Gasteiger partial charge on any atom is 0.170 e. The molecule has 0 aromatic heterocycles. The Labute approximate surface area is 171 Å². The van der Waals surface area contributed by atoms with Crippen molar-refractivity contribution in [1.82, 2.24) is 0 Å². The van der Waals surface area contributed by atoms with Gasteiger partial charge in [-0.15, -0.1) is 6.58 Å². The topological polar surface area (TPSA) is 27.7 Å². The molecule has 3 nitrogen and oxygen atoms in total. The monoisotopic (exact) mass is 386 g/mol. The Morgan fingerprint density at radius 3 is 1.81 bits per heavy atom. The van der Waals surface area contributed by atoms with E-state index < -0.39 is 5.79 Å². The van der Waals surface area contributed by atoms with Gasteiger partial charge in [0.15, 0.2) is 5.79 Å². The van der Waals surface area contributed by atoms with Crippen LogP contribution >= 0.6 is 0 Å². The van der Waals surface area contributed by atoms with Crippen LogP contribution in [-0.4, -0.2) is 32.7 Å². The molecule has 0 aliphatic carbocycles. The highest BCUT2D eigenvalue weighted by Gasteiger charge is 2.38. The van der Waals surface area contributed by atoms with E-state index in [1.807, 2.05) is 6.92 Å². The lowest BCUT2D eigenvalue weighted by Crippen LogP contribution is -2.44. The summed E-state index contributed by atoms with van der Waals surface area (Å²) in [7, 11) is 1.78. The normalized spacial score (nSPS) is 12.4. The van der Waals surface area contributed by atoms with Crippen molar-refractivity contribution in [3.8, 4) is 0 Å². The fourth-order valence-electron chi connectivity index (χ4n) is 3.69. The molecule has 3 heteroatoms. The minimum absolute atomic E-state index is 0.393. The van der Waals surface area contributed by atoms with Crippen LogP contribution in [0.25, 0.3) is 0 Å². The van der Waals surface area contributed by atoms with Crippen molar-refractivity contribution in [2.45, 2.75) is 111 Å². The maximum atomic E-state index is 6.24. The highest BCUT2D eigenvalue weighted by molar-refractivity contribution is 4.80. The molecule has 164 valence electrons. The Bertz CT molecular complexity index is 274. The summed E-state index contributed by atoms with van der Waals surface area (Å²) < 4.78 is 17.7. The third-order valence-corrected chi connectivity index (χ3v) is 4.80. The maximum absolute atomic E-state index is 6.24. The van der Waals surface area contributed by atoms with Gasteiger partial charge >= 0.3 is 0 Å². The second kappa shape index (κ2) is 21.9. The quantitative estimate of drug-likeness (QED) is 0.138. The lowest BCUT2D eigenvalue weighted by molar-refractivity contribution is -0.270. The summed E-state index contributed by atoms with van der Waals surface area (Å²) in [4.78, 5) is 0. The van der Waals surface area contributed by atoms with Gasteiger partial charge in [0, 0.05) is 39.3 Å². The van der Waals surface area contributed by atoms with Gasteiger partial charge in [-0.25, -0.2) is 0 Å². The van der Waals surface area contributed by atoms with Crippen LogP contribution in [0, 0.1) is 5.92 Å². The SMILES string of the molecule is C=CC.CCCCCCCCC(CCCOC)C(CCC)(OCC)OCC. The van der Waals surface area contributed by atoms with Crippen molar-refractivity contribution in [2.24, 2.45) is 5.92 Å². The van der Waals surface area contributed by atoms with Gasteiger partial charge in [0.1, 0.15) is 0 Å². The van der Waals surface area contributed by atoms with Crippen LogP contribution in [0.3, 0.4) is 0 Å². The van der Waals surface area contributed by atoms with Crippen LogP contribution < -0.4 is 0 Å². The average Bonchev–Trinajstić information content (AvgIpc) is 2.64. The van der Waals surface area contributed by atoms with Gasteiger partial charge in [0.2, 0.25) is 0 Å². The molecule has 0 saturated heterocycles. The number of rotatable bonds is 18. The molecule has 0 spiro atoms. The predicted molar refractivity (Wildman–Crippen MR) is 119 cm³/mol. The van der Waals surface area contributed by atoms with Crippen molar-refractivity contribution in [3.05, 3.63) is 12.7 Å². The lowest BCUT2D eigenvalue weighted by Gasteiger charge is -2.40. The summed E-state index contributed by atoms with van der Waals surface area (Å²) in [5.74, 6) is 0.0776. The standard InChI is InChI=1S/C21H44O3.C3H6/c1-6-10-11-12-13-14-16-20(17-15-19-22-5)21(18-7-2,23-8-3)24-9-4;1-3-2/h20H,6-19H2,1-5H3;3H,1H2,2H3. The van der Waals surface area contributed by atoms with E-state index in [9.17, 15) is 0 Å². The summed E-state index contributed by atoms with van der Waals surface area (Å²) in [6, 6.07) is 0. The van der Waals surface area contributed by atoms with Crippen LogP contribution in [0.15, 0.2) is 12.7 Å². The molecule has 0 amide bonds. The number of hydrogen-bond donors (Lipinski definition) is 0. The minimum Gasteiger partial charge on any atom is -0.385 e. The molecular weight excluding hydrogens is 336 g/mol. The summed E-state index contributed by atoms with van der Waals surface area (Å²) in [5, 5.41) is 0. The van der Waals surface area contributed by atoms with Gasteiger partial charge in [-0.3, -0.25) is 0 Å². The Morgan fingerprint density at radius 2 is 1.33 bits per heavy atom. The van der Waals surface area contributed by atoms with Gasteiger partial charge < -0.3 is 14.2 Å². The first-order chi connectivity index (χ1) is 13.1. The summed E-state index contributed by atoms with van der Waals surface area (Å²) in [5.41, 5.74) is 0. The molecule has 0 rings (SSSR count). The van der Waals surface area contributed by atoms with Gasteiger partial charge in [0.25, 0.3) is 0 Å². The van der Waals surface area contributed by atoms with Gasteiger partial charge in [-0.1, -0.05) is 64.9 Å². The van der Waals surface area contributed by atoms with E-state index in [2.05, 4.69) is 34.3 Å². The molecule has 27 heavy (non-hydrogen) atoms. The summed E-state index contributed by atoms with van der Waals surface area (Å²) >= 11 is 0. The Morgan fingerprint density at radius 1 is 0.815 bits per heavy atom. The van der Waals surface area contributed by atoms with Crippen LogP contribution in [0.4, 0.5) is 0 Å². The molecule has 0 aromatic carbocycles. The summed E-state index contributed by atoms with van der Waals surface area (Å²) in [6.45, 7) is 16.2. The molecule has 0 aromatic rings. The minimum atomic E-state index is -0.393. The van der Waals surface area contributed by atoms with Crippen molar-refractivity contribution in [3.63, 3.8) is 0 Å². The molecule has 1 unspecified atom stereocenters. The molecule has 0 aliphatic heterocycles. The number of hydrogen-bond acceptors (Lipinski definition) is 3. The van der Waals surface area contributed by atoms with E-state index in [4.69, 9.17) is 14.2 Å². The zero-order valence-corrected chi connectivity index (χ0v) is 19.5. The zero-order chi connectivity index (χ0) is 20.8. The van der Waals surface area contributed by atoms with Crippen molar-refractivity contribution < 1.29 is 14.2 Å². The Balaban J connectivity index is 0. The smallest absolute Gasteiger partial charge is 0.170 e. The molecule has 0 heterocycles. The fourth-order valence-corrected chi connectivity index (χ4v) is 3.69. The molecule has 0 radical (unpaired) electrons. The van der Waals surface area contributed by atoms with E-state index in [1.54, 1.807) is 13.2 Å². The average molecular weight is 387 g/mol. The third kappa shape index (κ3) is 15.2. The van der Waals surface area contributed by atoms with Crippen LogP contribution in [0.5, 0.6) is 0 Å². The largest absolute Gasteiger partial charge is 0.385 e. The second-order valence-electron chi connectivity index (χ2n) is 7.22.